The molecule has 3 saturated carbocycles. The molecule has 0 aromatic heterocycles. The zero-order chi connectivity index (χ0) is 18.3. The third kappa shape index (κ3) is 7.19. The van der Waals surface area contributed by atoms with Gasteiger partial charge in [-0.3, -0.25) is 4.79 Å². The molecular formula is C20H38O2S2. The summed E-state index contributed by atoms with van der Waals surface area (Å²) >= 11 is 8.41. The van der Waals surface area contributed by atoms with Crippen LogP contribution in [0.2, 0.25) is 0 Å². The van der Waals surface area contributed by atoms with Crippen LogP contribution in [0.5, 0.6) is 0 Å². The molecule has 2 nitrogen and oxygen atoms in total. The monoisotopic (exact) mass is 374 g/mol. The minimum atomic E-state index is -0.105. The van der Waals surface area contributed by atoms with Gasteiger partial charge in [0.1, 0.15) is 0 Å². The van der Waals surface area contributed by atoms with E-state index in [0.717, 1.165) is 29.8 Å². The van der Waals surface area contributed by atoms with Crippen molar-refractivity contribution in [3.05, 3.63) is 0 Å². The van der Waals surface area contributed by atoms with Crippen molar-refractivity contribution in [3.63, 3.8) is 0 Å². The van der Waals surface area contributed by atoms with Crippen molar-refractivity contribution in [2.24, 2.45) is 16.2 Å². The maximum atomic E-state index is 10.8. The van der Waals surface area contributed by atoms with E-state index in [4.69, 9.17) is 0 Å². The lowest BCUT2D eigenvalue weighted by Crippen LogP contribution is -2.11. The van der Waals surface area contributed by atoms with Gasteiger partial charge in [0.25, 0.3) is 0 Å². The summed E-state index contributed by atoms with van der Waals surface area (Å²) < 4.78 is 4.56. The van der Waals surface area contributed by atoms with Crippen LogP contribution in [0.4, 0.5) is 0 Å². The van der Waals surface area contributed by atoms with Crippen LogP contribution in [-0.2, 0) is 9.53 Å². The minimum absolute atomic E-state index is 0.105. The van der Waals surface area contributed by atoms with E-state index in [1.165, 1.54) is 52.1 Å². The van der Waals surface area contributed by atoms with Crippen LogP contribution >= 0.6 is 25.3 Å². The van der Waals surface area contributed by atoms with Crippen molar-refractivity contribution in [1.82, 2.24) is 0 Å². The fraction of sp³-hybridized carbons (Fsp3) is 0.950. The van der Waals surface area contributed by atoms with Crippen LogP contribution < -0.4 is 0 Å². The molecule has 0 radical (unpaired) electrons. The van der Waals surface area contributed by atoms with Crippen LogP contribution in [-0.4, -0.2) is 24.6 Å². The lowest BCUT2D eigenvalue weighted by Gasteiger charge is -2.08. The van der Waals surface area contributed by atoms with E-state index in [2.05, 4.69) is 50.8 Å². The zero-order valence-electron chi connectivity index (χ0n) is 16.2. The highest BCUT2D eigenvalue weighted by Crippen LogP contribution is 2.51. The largest absolute Gasteiger partial charge is 0.469 e. The molecule has 24 heavy (non-hydrogen) atoms. The van der Waals surface area contributed by atoms with Crippen LogP contribution in [0.1, 0.15) is 85.0 Å². The molecule has 0 heterocycles. The predicted molar refractivity (Wildman–Crippen MR) is 110 cm³/mol. The number of hydrogen-bond donors (Lipinski definition) is 2. The Hall–Kier alpha value is 0.170. The van der Waals surface area contributed by atoms with Gasteiger partial charge in [-0.1, -0.05) is 33.6 Å². The molecule has 0 atom stereocenters. The molecular weight excluding hydrogens is 336 g/mol. The first-order chi connectivity index (χ1) is 11.4. The summed E-state index contributed by atoms with van der Waals surface area (Å²) in [7, 11) is 1.43. The Kier molecular flexibility index (Phi) is 9.03. The van der Waals surface area contributed by atoms with Crippen molar-refractivity contribution >= 4 is 31.2 Å². The molecule has 0 bridgehead atoms. The first kappa shape index (κ1) is 22.2. The molecule has 0 spiro atoms. The van der Waals surface area contributed by atoms with Gasteiger partial charge in [0.05, 0.1) is 13.5 Å². The third-order valence-corrected chi connectivity index (χ3v) is 7.88. The fourth-order valence-corrected chi connectivity index (χ4v) is 3.85. The quantitative estimate of drug-likeness (QED) is 0.425. The molecule has 3 aliphatic carbocycles. The van der Waals surface area contributed by atoms with Crippen molar-refractivity contribution in [2.75, 3.05) is 18.6 Å². The number of thiol groups is 2. The third-order valence-electron chi connectivity index (χ3n) is 6.54. The number of rotatable bonds is 7. The van der Waals surface area contributed by atoms with Crippen molar-refractivity contribution in [2.45, 2.75) is 85.0 Å². The number of methoxy groups -OCH3 is 1. The molecule has 0 saturated heterocycles. The van der Waals surface area contributed by atoms with Gasteiger partial charge in [0.2, 0.25) is 0 Å². The summed E-state index contributed by atoms with van der Waals surface area (Å²) in [6.45, 7) is 6.86. The molecule has 0 unspecified atom stereocenters. The Morgan fingerprint density at radius 1 is 0.792 bits per heavy atom. The van der Waals surface area contributed by atoms with Crippen LogP contribution in [0, 0.1) is 16.2 Å². The first-order valence-electron chi connectivity index (χ1n) is 9.67. The maximum absolute atomic E-state index is 10.8. The topological polar surface area (TPSA) is 26.3 Å². The lowest BCUT2D eigenvalue weighted by molar-refractivity contribution is -0.141. The Bertz CT molecular complexity index is 351. The van der Waals surface area contributed by atoms with Crippen LogP contribution in [0.3, 0.4) is 0 Å². The second kappa shape index (κ2) is 9.75. The van der Waals surface area contributed by atoms with E-state index >= 15 is 0 Å². The summed E-state index contributed by atoms with van der Waals surface area (Å²) in [6.07, 6.45) is 12.8. The van der Waals surface area contributed by atoms with Gasteiger partial charge in [0.15, 0.2) is 0 Å². The Morgan fingerprint density at radius 2 is 1.17 bits per heavy atom. The summed E-state index contributed by atoms with van der Waals surface area (Å²) in [6, 6.07) is 0. The molecule has 142 valence electrons. The summed E-state index contributed by atoms with van der Waals surface area (Å²) in [5, 5.41) is 0. The average molecular weight is 375 g/mol. The molecule has 3 rings (SSSR count). The van der Waals surface area contributed by atoms with E-state index in [0.29, 0.717) is 11.8 Å². The number of ether oxygens (including phenoxy) is 1. The fourth-order valence-electron chi connectivity index (χ4n) is 2.88. The highest BCUT2D eigenvalue weighted by atomic mass is 32.1. The first-order valence-corrected chi connectivity index (χ1v) is 10.9. The summed E-state index contributed by atoms with van der Waals surface area (Å²) in [5.74, 6) is 1.80. The minimum Gasteiger partial charge on any atom is -0.469 e. The number of carbonyl (C=O) groups is 1. The Morgan fingerprint density at radius 3 is 1.29 bits per heavy atom. The molecule has 0 N–H and O–H groups in total. The highest BCUT2D eigenvalue weighted by Gasteiger charge is 2.43. The van der Waals surface area contributed by atoms with Crippen molar-refractivity contribution in [3.8, 4) is 0 Å². The van der Waals surface area contributed by atoms with E-state index in [1.807, 2.05) is 0 Å². The molecule has 0 amide bonds. The average Bonchev–Trinajstić information content (AvgIpc) is 3.51. The van der Waals surface area contributed by atoms with Gasteiger partial charge in [-0.15, -0.1) is 0 Å². The van der Waals surface area contributed by atoms with Gasteiger partial charge < -0.3 is 4.74 Å². The number of esters is 1. The van der Waals surface area contributed by atoms with Gasteiger partial charge in [0, 0.05) is 0 Å². The molecule has 3 aliphatic rings. The second-order valence-electron chi connectivity index (χ2n) is 8.13. The van der Waals surface area contributed by atoms with E-state index in [9.17, 15) is 4.79 Å². The van der Waals surface area contributed by atoms with E-state index < -0.39 is 0 Å². The SMILES string of the molecule is CCC1(CC)CC1.CCC1(CS)CC1.COC(=O)CC1(CS)CC1. The maximum Gasteiger partial charge on any atom is 0.306 e. The molecule has 3 fully saturated rings. The zero-order valence-corrected chi connectivity index (χ0v) is 18.0. The van der Waals surface area contributed by atoms with Crippen LogP contribution in [0.25, 0.3) is 0 Å². The van der Waals surface area contributed by atoms with Crippen LogP contribution in [0.15, 0.2) is 0 Å². The van der Waals surface area contributed by atoms with Crippen molar-refractivity contribution < 1.29 is 9.53 Å². The summed E-state index contributed by atoms with van der Waals surface area (Å²) in [5.41, 5.74) is 1.74. The number of hydrogen-bond acceptors (Lipinski definition) is 4. The smallest absolute Gasteiger partial charge is 0.306 e. The molecule has 0 aliphatic heterocycles. The highest BCUT2D eigenvalue weighted by molar-refractivity contribution is 7.80. The second-order valence-corrected chi connectivity index (χ2v) is 8.76. The van der Waals surface area contributed by atoms with Crippen molar-refractivity contribution in [1.29, 1.82) is 0 Å². The number of carbonyl (C=O) groups excluding carboxylic acids is 1. The predicted octanol–water partition coefficient (Wildman–Crippen LogP) is 5.95. The Labute approximate surface area is 160 Å². The van der Waals surface area contributed by atoms with Gasteiger partial charge in [-0.2, -0.15) is 25.3 Å². The van der Waals surface area contributed by atoms with E-state index in [-0.39, 0.29) is 11.4 Å². The van der Waals surface area contributed by atoms with E-state index in [1.54, 1.807) is 0 Å². The van der Waals surface area contributed by atoms with Gasteiger partial charge >= 0.3 is 5.97 Å². The summed E-state index contributed by atoms with van der Waals surface area (Å²) in [4.78, 5) is 10.8. The molecule has 4 heteroatoms. The standard InChI is InChI=1S/C7H12O2S.C7H14.C6H12S/c1-9-6(8)4-7(5-10)2-3-7;1-3-7(4-2)5-6-7;1-2-6(5-7)3-4-6/h10H,2-5H2,1H3;3-6H2,1-2H3;7H,2-5H2,1H3. The normalized spacial score (nSPS) is 22.9. The van der Waals surface area contributed by atoms with Gasteiger partial charge in [-0.25, -0.2) is 0 Å². The lowest BCUT2D eigenvalue weighted by atomic mass is 10.0. The Balaban J connectivity index is 0.000000185. The molecule has 0 aromatic carbocycles. The van der Waals surface area contributed by atoms with Gasteiger partial charge in [-0.05, 0) is 72.7 Å². The molecule has 0 aromatic rings.